The average molecular weight is 439 g/mol. The van der Waals surface area contributed by atoms with Crippen LogP contribution in [-0.4, -0.2) is 29.9 Å². The Labute approximate surface area is 182 Å². The molecule has 160 valence electrons. The van der Waals surface area contributed by atoms with E-state index in [-0.39, 0.29) is 16.9 Å². The molecule has 0 fully saturated rings. The SMILES string of the molecule is COc1ccccc1NC(=O)Nc1nc(C)c(C(=O)Nc2cccc(NC(C)=O)c2)s1. The van der Waals surface area contributed by atoms with E-state index in [0.717, 1.165) is 11.3 Å². The van der Waals surface area contributed by atoms with Crippen molar-refractivity contribution in [3.8, 4) is 5.75 Å². The fourth-order valence-electron chi connectivity index (χ4n) is 2.72. The molecule has 0 saturated carbocycles. The van der Waals surface area contributed by atoms with E-state index in [9.17, 15) is 14.4 Å². The minimum atomic E-state index is -0.506. The normalized spacial score (nSPS) is 10.2. The number of hydrogen-bond donors (Lipinski definition) is 4. The molecule has 10 heteroatoms. The highest BCUT2D eigenvalue weighted by atomic mass is 32.1. The molecule has 0 radical (unpaired) electrons. The minimum Gasteiger partial charge on any atom is -0.495 e. The van der Waals surface area contributed by atoms with Gasteiger partial charge in [0.05, 0.1) is 18.5 Å². The third kappa shape index (κ3) is 5.80. The number of thiazole rings is 1. The monoisotopic (exact) mass is 439 g/mol. The highest BCUT2D eigenvalue weighted by molar-refractivity contribution is 7.17. The summed E-state index contributed by atoms with van der Waals surface area (Å²) >= 11 is 1.05. The second-order valence-electron chi connectivity index (χ2n) is 6.43. The first kappa shape index (κ1) is 21.8. The number of nitrogens with one attached hydrogen (secondary N) is 4. The van der Waals surface area contributed by atoms with E-state index in [1.54, 1.807) is 55.5 Å². The Kier molecular flexibility index (Phi) is 6.83. The van der Waals surface area contributed by atoms with Crippen LogP contribution in [0.3, 0.4) is 0 Å². The Morgan fingerprint density at radius 3 is 2.35 bits per heavy atom. The third-order valence-corrected chi connectivity index (χ3v) is 5.09. The van der Waals surface area contributed by atoms with E-state index in [4.69, 9.17) is 4.74 Å². The molecule has 9 nitrogen and oxygen atoms in total. The van der Waals surface area contributed by atoms with Crippen LogP contribution in [0.15, 0.2) is 48.5 Å². The average Bonchev–Trinajstić information content (AvgIpc) is 3.08. The maximum Gasteiger partial charge on any atom is 0.325 e. The molecule has 0 saturated heterocycles. The van der Waals surface area contributed by atoms with Crippen molar-refractivity contribution in [2.75, 3.05) is 28.4 Å². The first-order valence-electron chi connectivity index (χ1n) is 9.23. The molecule has 3 rings (SSSR count). The number of benzene rings is 2. The lowest BCUT2D eigenvalue weighted by Gasteiger charge is -2.09. The number of aryl methyl sites for hydroxylation is 1. The van der Waals surface area contributed by atoms with Gasteiger partial charge in [-0.3, -0.25) is 14.9 Å². The summed E-state index contributed by atoms with van der Waals surface area (Å²) in [5, 5.41) is 11.0. The van der Waals surface area contributed by atoms with Crippen LogP contribution in [0.2, 0.25) is 0 Å². The maximum absolute atomic E-state index is 12.7. The largest absolute Gasteiger partial charge is 0.495 e. The lowest BCUT2D eigenvalue weighted by Crippen LogP contribution is -2.19. The number of urea groups is 1. The highest BCUT2D eigenvalue weighted by Gasteiger charge is 2.17. The maximum atomic E-state index is 12.7. The lowest BCUT2D eigenvalue weighted by molar-refractivity contribution is -0.114. The van der Waals surface area contributed by atoms with E-state index in [1.807, 2.05) is 0 Å². The standard InChI is InChI=1S/C21H21N5O4S/c1-12-18(19(28)24-15-8-6-7-14(11-15)23-13(2)27)31-21(22-12)26-20(29)25-16-9-4-5-10-17(16)30-3/h4-11H,1-3H3,(H,23,27)(H,24,28)(H2,22,25,26,29). The number of ether oxygens (including phenoxy) is 1. The Morgan fingerprint density at radius 2 is 1.65 bits per heavy atom. The first-order chi connectivity index (χ1) is 14.9. The number of carbonyl (C=O) groups excluding carboxylic acids is 3. The van der Waals surface area contributed by atoms with Crippen LogP contribution < -0.4 is 26.0 Å². The molecule has 4 N–H and O–H groups in total. The summed E-state index contributed by atoms with van der Waals surface area (Å²) in [5.74, 6) is -0.0495. The number of amides is 4. The molecule has 0 unspecified atom stereocenters. The summed E-state index contributed by atoms with van der Waals surface area (Å²) in [4.78, 5) is 40.8. The summed E-state index contributed by atoms with van der Waals surface area (Å²) < 4.78 is 5.21. The molecule has 3 aromatic rings. The van der Waals surface area contributed by atoms with Gasteiger partial charge in [-0.15, -0.1) is 0 Å². The molecule has 4 amide bonds. The second-order valence-corrected chi connectivity index (χ2v) is 7.43. The van der Waals surface area contributed by atoms with Crippen molar-refractivity contribution in [2.24, 2.45) is 0 Å². The van der Waals surface area contributed by atoms with Crippen molar-refractivity contribution < 1.29 is 19.1 Å². The Morgan fingerprint density at radius 1 is 0.935 bits per heavy atom. The summed E-state index contributed by atoms with van der Waals surface area (Å²) in [5.41, 5.74) is 2.08. The van der Waals surface area contributed by atoms with Crippen LogP contribution in [0, 0.1) is 6.92 Å². The van der Waals surface area contributed by atoms with E-state index < -0.39 is 6.03 Å². The van der Waals surface area contributed by atoms with Gasteiger partial charge < -0.3 is 20.7 Å². The summed E-state index contributed by atoms with van der Waals surface area (Å²) in [6, 6.07) is 13.3. The lowest BCUT2D eigenvalue weighted by atomic mass is 10.2. The van der Waals surface area contributed by atoms with Crippen LogP contribution in [0.5, 0.6) is 5.75 Å². The highest BCUT2D eigenvalue weighted by Crippen LogP contribution is 2.26. The number of aromatic nitrogens is 1. The minimum absolute atomic E-state index is 0.205. The summed E-state index contributed by atoms with van der Waals surface area (Å²) in [6.45, 7) is 3.09. The zero-order valence-electron chi connectivity index (χ0n) is 17.1. The second kappa shape index (κ2) is 9.72. The van der Waals surface area contributed by atoms with E-state index in [1.165, 1.54) is 14.0 Å². The van der Waals surface area contributed by atoms with Gasteiger partial charge in [-0.1, -0.05) is 29.5 Å². The summed E-state index contributed by atoms with van der Waals surface area (Å²) in [7, 11) is 1.51. The van der Waals surface area contributed by atoms with Crippen molar-refractivity contribution in [3.63, 3.8) is 0 Å². The van der Waals surface area contributed by atoms with Gasteiger partial charge in [-0.05, 0) is 37.3 Å². The number of carbonyl (C=O) groups is 3. The molecule has 2 aromatic carbocycles. The Hall–Kier alpha value is -3.92. The third-order valence-electron chi connectivity index (χ3n) is 4.02. The van der Waals surface area contributed by atoms with Gasteiger partial charge in [0.15, 0.2) is 5.13 Å². The molecular weight excluding hydrogens is 418 g/mol. The molecule has 1 aromatic heterocycles. The first-order valence-corrected chi connectivity index (χ1v) is 10.0. The van der Waals surface area contributed by atoms with Gasteiger partial charge in [0.25, 0.3) is 5.91 Å². The van der Waals surface area contributed by atoms with Crippen molar-refractivity contribution in [2.45, 2.75) is 13.8 Å². The molecular formula is C21H21N5O4S. The molecule has 0 atom stereocenters. The van der Waals surface area contributed by atoms with Gasteiger partial charge in [0, 0.05) is 18.3 Å². The molecule has 31 heavy (non-hydrogen) atoms. The zero-order valence-corrected chi connectivity index (χ0v) is 17.9. The Balaban J connectivity index is 1.67. The van der Waals surface area contributed by atoms with Crippen molar-refractivity contribution >= 4 is 51.4 Å². The number of rotatable bonds is 6. The molecule has 0 bridgehead atoms. The number of para-hydroxylation sites is 2. The topological polar surface area (TPSA) is 121 Å². The fourth-order valence-corrected chi connectivity index (χ4v) is 3.58. The number of anilines is 4. The Bertz CT molecular complexity index is 1130. The number of hydrogen-bond acceptors (Lipinski definition) is 6. The quantitative estimate of drug-likeness (QED) is 0.456. The van der Waals surface area contributed by atoms with Crippen LogP contribution in [0.1, 0.15) is 22.3 Å². The van der Waals surface area contributed by atoms with Crippen molar-refractivity contribution in [3.05, 3.63) is 59.1 Å². The molecule has 0 aliphatic heterocycles. The van der Waals surface area contributed by atoms with Gasteiger partial charge in [-0.2, -0.15) is 0 Å². The molecule has 0 aliphatic carbocycles. The predicted octanol–water partition coefficient (Wildman–Crippen LogP) is 4.31. The van der Waals surface area contributed by atoms with E-state index in [0.29, 0.717) is 33.4 Å². The predicted molar refractivity (Wildman–Crippen MR) is 121 cm³/mol. The van der Waals surface area contributed by atoms with Gasteiger partial charge in [0.2, 0.25) is 5.91 Å². The van der Waals surface area contributed by atoms with Crippen molar-refractivity contribution in [1.29, 1.82) is 0 Å². The van der Waals surface area contributed by atoms with E-state index in [2.05, 4.69) is 26.3 Å². The van der Waals surface area contributed by atoms with Gasteiger partial charge in [0.1, 0.15) is 10.6 Å². The number of methoxy groups -OCH3 is 1. The van der Waals surface area contributed by atoms with Gasteiger partial charge >= 0.3 is 6.03 Å². The molecule has 1 heterocycles. The van der Waals surface area contributed by atoms with Crippen LogP contribution in [-0.2, 0) is 4.79 Å². The van der Waals surface area contributed by atoms with Crippen molar-refractivity contribution in [1.82, 2.24) is 4.98 Å². The molecule has 0 aliphatic rings. The van der Waals surface area contributed by atoms with E-state index >= 15 is 0 Å². The molecule has 0 spiro atoms. The summed E-state index contributed by atoms with van der Waals surface area (Å²) in [6.07, 6.45) is 0. The van der Waals surface area contributed by atoms with Crippen LogP contribution in [0.25, 0.3) is 0 Å². The fraction of sp³-hybridized carbons (Fsp3) is 0.143. The smallest absolute Gasteiger partial charge is 0.325 e. The van der Waals surface area contributed by atoms with Gasteiger partial charge in [-0.25, -0.2) is 9.78 Å². The van der Waals surface area contributed by atoms with Crippen LogP contribution >= 0.6 is 11.3 Å². The number of nitrogens with zero attached hydrogens (tertiary/aromatic N) is 1. The van der Waals surface area contributed by atoms with Crippen LogP contribution in [0.4, 0.5) is 27.0 Å². The zero-order chi connectivity index (χ0) is 22.4.